The second kappa shape index (κ2) is 6.38. The lowest BCUT2D eigenvalue weighted by Gasteiger charge is -2.19. The minimum absolute atomic E-state index is 0.250. The summed E-state index contributed by atoms with van der Waals surface area (Å²) in [5.74, 6) is 0. The van der Waals surface area contributed by atoms with Gasteiger partial charge < -0.3 is 9.84 Å². The summed E-state index contributed by atoms with van der Waals surface area (Å²) in [6, 6.07) is 9.62. The minimum atomic E-state index is -0.470. The fraction of sp³-hybridized carbons (Fsp3) is 0.400. The molecule has 0 aliphatic carbocycles. The van der Waals surface area contributed by atoms with Crippen molar-refractivity contribution in [3.63, 3.8) is 0 Å². The zero-order valence-corrected chi connectivity index (χ0v) is 11.9. The van der Waals surface area contributed by atoms with Crippen LogP contribution in [-0.2, 0) is 4.74 Å². The largest absolute Gasteiger partial charge is 0.443 e. The Morgan fingerprint density at radius 1 is 1.26 bits per heavy atom. The molecule has 0 aliphatic heterocycles. The Bertz CT molecular complexity index is 538. The average Bonchev–Trinajstić information content (AvgIpc) is 2.71. The Labute approximate surface area is 113 Å². The number of hydrogen-bond acceptors (Lipinski definition) is 3. The Kier molecular flexibility index (Phi) is 5.12. The van der Waals surface area contributed by atoms with Crippen LogP contribution in [0.3, 0.4) is 0 Å². The highest BCUT2D eigenvalue weighted by molar-refractivity contribution is 5.89. The first-order chi connectivity index (χ1) is 8.89. The molecule has 2 rings (SSSR count). The second-order valence-electron chi connectivity index (χ2n) is 5.04. The third kappa shape index (κ3) is 4.41. The fourth-order valence-electron chi connectivity index (χ4n) is 1.55. The minimum Gasteiger partial charge on any atom is -0.443 e. The number of fused-ring (bicyclic) bond motifs is 1. The Balaban J connectivity index is 0.000000550. The maximum atomic E-state index is 11.9. The summed E-state index contributed by atoms with van der Waals surface area (Å²) in [6.07, 6.45) is 1.40. The van der Waals surface area contributed by atoms with E-state index in [1.807, 2.05) is 51.1 Å². The molecule has 0 atom stereocenters. The molecule has 4 heteroatoms. The molecule has 1 heterocycles. The lowest BCUT2D eigenvalue weighted by molar-refractivity contribution is 0.0544. The number of aromatic nitrogens is 1. The summed E-state index contributed by atoms with van der Waals surface area (Å²) in [4.78, 5) is 11.9. The molecule has 0 unspecified atom stereocenters. The van der Waals surface area contributed by atoms with Crippen molar-refractivity contribution >= 4 is 17.0 Å². The van der Waals surface area contributed by atoms with Crippen molar-refractivity contribution < 1.29 is 14.6 Å². The zero-order chi connectivity index (χ0) is 14.5. The molecule has 0 amide bonds. The van der Waals surface area contributed by atoms with Crippen LogP contribution in [-0.4, -0.2) is 28.0 Å². The lowest BCUT2D eigenvalue weighted by atomic mass is 10.2. The SMILES string of the molecule is CC(C)(C)OC(=O)n1ccc2ccccc21.CCO. The third-order valence-electron chi connectivity index (χ3n) is 2.19. The molecule has 104 valence electrons. The van der Waals surface area contributed by atoms with Gasteiger partial charge in [0.2, 0.25) is 0 Å². The molecule has 2 aromatic rings. The summed E-state index contributed by atoms with van der Waals surface area (Å²) < 4.78 is 6.84. The van der Waals surface area contributed by atoms with Gasteiger partial charge in [-0.3, -0.25) is 4.57 Å². The van der Waals surface area contributed by atoms with E-state index in [-0.39, 0.29) is 12.7 Å². The molecule has 0 bridgehead atoms. The van der Waals surface area contributed by atoms with E-state index in [1.165, 1.54) is 4.57 Å². The molecule has 0 aliphatic rings. The normalized spacial score (nSPS) is 10.8. The summed E-state index contributed by atoms with van der Waals surface area (Å²) in [7, 11) is 0. The number of benzene rings is 1. The standard InChI is InChI=1S/C13H15NO2.C2H6O/c1-13(2,3)16-12(15)14-9-8-10-6-4-5-7-11(10)14;1-2-3/h4-9H,1-3H3;3H,2H2,1H3. The van der Waals surface area contributed by atoms with Crippen LogP contribution < -0.4 is 0 Å². The van der Waals surface area contributed by atoms with Gasteiger partial charge in [-0.1, -0.05) is 18.2 Å². The Morgan fingerprint density at radius 3 is 2.42 bits per heavy atom. The molecule has 0 saturated carbocycles. The summed E-state index contributed by atoms with van der Waals surface area (Å²) in [5.41, 5.74) is 0.402. The number of carbonyl (C=O) groups excluding carboxylic acids is 1. The van der Waals surface area contributed by atoms with Gasteiger partial charge in [0.15, 0.2) is 0 Å². The van der Waals surface area contributed by atoms with E-state index in [0.717, 1.165) is 10.9 Å². The van der Waals surface area contributed by atoms with Gasteiger partial charge in [-0.05, 0) is 39.8 Å². The van der Waals surface area contributed by atoms with Crippen molar-refractivity contribution in [3.05, 3.63) is 36.5 Å². The summed E-state index contributed by atoms with van der Waals surface area (Å²) in [6.45, 7) is 7.50. The maximum absolute atomic E-state index is 11.9. The highest BCUT2D eigenvalue weighted by Crippen LogP contribution is 2.17. The first-order valence-electron chi connectivity index (χ1n) is 6.29. The first kappa shape index (κ1) is 15.2. The predicted molar refractivity (Wildman–Crippen MR) is 76.3 cm³/mol. The second-order valence-corrected chi connectivity index (χ2v) is 5.04. The molecular weight excluding hydrogens is 242 g/mol. The quantitative estimate of drug-likeness (QED) is 0.792. The van der Waals surface area contributed by atoms with E-state index in [4.69, 9.17) is 9.84 Å². The molecule has 0 saturated heterocycles. The van der Waals surface area contributed by atoms with Gasteiger partial charge in [0.25, 0.3) is 0 Å². The highest BCUT2D eigenvalue weighted by atomic mass is 16.6. The van der Waals surface area contributed by atoms with Crippen LogP contribution in [0.5, 0.6) is 0 Å². The van der Waals surface area contributed by atoms with Gasteiger partial charge >= 0.3 is 6.09 Å². The highest BCUT2D eigenvalue weighted by Gasteiger charge is 2.18. The molecule has 0 radical (unpaired) electrons. The van der Waals surface area contributed by atoms with Crippen LogP contribution in [0.2, 0.25) is 0 Å². The van der Waals surface area contributed by atoms with Crippen LogP contribution in [0.4, 0.5) is 4.79 Å². The van der Waals surface area contributed by atoms with Gasteiger partial charge in [0, 0.05) is 18.2 Å². The van der Waals surface area contributed by atoms with Crippen molar-refractivity contribution in [1.29, 1.82) is 0 Å². The zero-order valence-electron chi connectivity index (χ0n) is 11.9. The number of aliphatic hydroxyl groups is 1. The van der Waals surface area contributed by atoms with Gasteiger partial charge in [-0.25, -0.2) is 4.79 Å². The molecule has 19 heavy (non-hydrogen) atoms. The lowest BCUT2D eigenvalue weighted by Crippen LogP contribution is -2.26. The number of para-hydroxylation sites is 1. The monoisotopic (exact) mass is 263 g/mol. The van der Waals surface area contributed by atoms with Crippen molar-refractivity contribution in [2.45, 2.75) is 33.3 Å². The summed E-state index contributed by atoms with van der Waals surface area (Å²) in [5, 5.41) is 8.60. The first-order valence-corrected chi connectivity index (χ1v) is 6.29. The van der Waals surface area contributed by atoms with Crippen molar-refractivity contribution in [2.24, 2.45) is 0 Å². The Hall–Kier alpha value is -1.81. The van der Waals surface area contributed by atoms with Crippen LogP contribution in [0.1, 0.15) is 27.7 Å². The van der Waals surface area contributed by atoms with E-state index in [2.05, 4.69) is 0 Å². The number of rotatable bonds is 0. The van der Waals surface area contributed by atoms with E-state index in [0.29, 0.717) is 0 Å². The molecule has 0 fully saturated rings. The number of nitrogens with zero attached hydrogens (tertiary/aromatic N) is 1. The topological polar surface area (TPSA) is 51.5 Å². The van der Waals surface area contributed by atoms with Gasteiger partial charge in [-0.15, -0.1) is 0 Å². The van der Waals surface area contributed by atoms with Crippen molar-refractivity contribution in [1.82, 2.24) is 4.57 Å². The van der Waals surface area contributed by atoms with E-state index >= 15 is 0 Å². The van der Waals surface area contributed by atoms with Crippen molar-refractivity contribution in [3.8, 4) is 0 Å². The van der Waals surface area contributed by atoms with Gasteiger partial charge in [0.05, 0.1) is 5.52 Å². The van der Waals surface area contributed by atoms with Crippen LogP contribution in [0.25, 0.3) is 10.9 Å². The predicted octanol–water partition coefficient (Wildman–Crippen LogP) is 3.42. The molecule has 0 spiro atoms. The van der Waals surface area contributed by atoms with E-state index in [1.54, 1.807) is 13.1 Å². The smallest absolute Gasteiger partial charge is 0.418 e. The number of hydrogen-bond donors (Lipinski definition) is 1. The Morgan fingerprint density at radius 2 is 1.84 bits per heavy atom. The molecular formula is C15H21NO3. The number of carbonyl (C=O) groups is 1. The van der Waals surface area contributed by atoms with E-state index in [9.17, 15) is 4.79 Å². The van der Waals surface area contributed by atoms with Gasteiger partial charge in [0.1, 0.15) is 5.60 Å². The maximum Gasteiger partial charge on any atom is 0.418 e. The average molecular weight is 263 g/mol. The molecule has 4 nitrogen and oxygen atoms in total. The van der Waals surface area contributed by atoms with Gasteiger partial charge in [-0.2, -0.15) is 0 Å². The molecule has 1 aromatic heterocycles. The fourth-order valence-corrected chi connectivity index (χ4v) is 1.55. The number of aliphatic hydroxyl groups excluding tert-OH is 1. The summed E-state index contributed by atoms with van der Waals surface area (Å²) >= 11 is 0. The molecule has 1 aromatic carbocycles. The third-order valence-corrected chi connectivity index (χ3v) is 2.19. The molecule has 1 N–H and O–H groups in total. The number of ether oxygens (including phenoxy) is 1. The van der Waals surface area contributed by atoms with Crippen LogP contribution in [0.15, 0.2) is 36.5 Å². The van der Waals surface area contributed by atoms with Crippen LogP contribution >= 0.6 is 0 Å². The van der Waals surface area contributed by atoms with E-state index < -0.39 is 5.60 Å². The van der Waals surface area contributed by atoms with Crippen molar-refractivity contribution in [2.75, 3.05) is 6.61 Å². The van der Waals surface area contributed by atoms with Crippen LogP contribution in [0, 0.1) is 0 Å².